The smallest absolute Gasteiger partial charge is 0.249 e. The lowest BCUT2D eigenvalue weighted by Crippen LogP contribution is -2.15. The molecule has 0 aliphatic heterocycles. The van der Waals surface area contributed by atoms with Gasteiger partial charge in [-0.3, -0.25) is 4.79 Å². The van der Waals surface area contributed by atoms with Gasteiger partial charge < -0.3 is 5.73 Å². The van der Waals surface area contributed by atoms with Crippen LogP contribution in [0.15, 0.2) is 12.1 Å². The van der Waals surface area contributed by atoms with E-state index in [0.29, 0.717) is 5.56 Å². The number of carbonyl (C=O) groups excluding carboxylic acids is 1. The van der Waals surface area contributed by atoms with Crippen LogP contribution < -0.4 is 5.73 Å². The van der Waals surface area contributed by atoms with Gasteiger partial charge in [-0.15, -0.1) is 0 Å². The van der Waals surface area contributed by atoms with Gasteiger partial charge in [0.25, 0.3) is 0 Å². The number of rotatable bonds is 1. The van der Waals surface area contributed by atoms with E-state index in [4.69, 9.17) is 5.73 Å². The zero-order valence-electron chi connectivity index (χ0n) is 7.64. The zero-order valence-corrected chi connectivity index (χ0v) is 7.64. The van der Waals surface area contributed by atoms with E-state index >= 15 is 0 Å². The minimum atomic E-state index is -0.339. The summed E-state index contributed by atoms with van der Waals surface area (Å²) < 4.78 is 0. The molecule has 0 fully saturated rings. The molecule has 0 heterocycles. The van der Waals surface area contributed by atoms with E-state index < -0.39 is 0 Å². The third kappa shape index (κ3) is 1.33. The molecule has 0 unspecified atom stereocenters. The Morgan fingerprint density at radius 3 is 2.08 bits per heavy atom. The molecule has 64 valence electrons. The molecule has 1 rings (SSSR count). The van der Waals surface area contributed by atoms with Crippen LogP contribution in [-0.2, 0) is 0 Å². The molecule has 0 spiro atoms. The first-order valence-corrected chi connectivity index (χ1v) is 3.90. The van der Waals surface area contributed by atoms with Crippen LogP contribution in [0.4, 0.5) is 0 Å². The van der Waals surface area contributed by atoms with E-state index in [-0.39, 0.29) is 5.91 Å². The topological polar surface area (TPSA) is 43.1 Å². The summed E-state index contributed by atoms with van der Waals surface area (Å²) in [5.41, 5.74) is 8.95. The van der Waals surface area contributed by atoms with E-state index in [0.717, 1.165) is 16.7 Å². The summed E-state index contributed by atoms with van der Waals surface area (Å²) in [4.78, 5) is 11.0. The predicted octanol–water partition coefficient (Wildman–Crippen LogP) is 1.71. The average molecular weight is 163 g/mol. The van der Waals surface area contributed by atoms with Crippen molar-refractivity contribution in [3.8, 4) is 0 Å². The van der Waals surface area contributed by atoms with E-state index in [1.807, 2.05) is 32.9 Å². The lowest BCUT2D eigenvalue weighted by atomic mass is 9.98. The number of hydrogen-bond donors (Lipinski definition) is 1. The number of carbonyl (C=O) groups is 1. The van der Waals surface area contributed by atoms with Gasteiger partial charge in [-0.25, -0.2) is 0 Å². The molecule has 0 aliphatic rings. The van der Waals surface area contributed by atoms with E-state index in [1.165, 1.54) is 0 Å². The first-order valence-electron chi connectivity index (χ1n) is 3.90. The minimum absolute atomic E-state index is 0.339. The highest BCUT2D eigenvalue weighted by molar-refractivity contribution is 5.96. The first kappa shape index (κ1) is 8.78. The SMILES string of the molecule is Cc1ccc(C)c(C(N)=O)c1C. The molecule has 0 aromatic heterocycles. The third-order valence-electron chi connectivity index (χ3n) is 2.19. The van der Waals surface area contributed by atoms with Crippen LogP contribution >= 0.6 is 0 Å². The van der Waals surface area contributed by atoms with Crippen LogP contribution in [0, 0.1) is 20.8 Å². The largest absolute Gasteiger partial charge is 0.366 e. The Morgan fingerprint density at radius 1 is 1.17 bits per heavy atom. The number of primary amides is 1. The van der Waals surface area contributed by atoms with Crippen LogP contribution in [0.1, 0.15) is 27.0 Å². The molecule has 0 bridgehead atoms. The summed E-state index contributed by atoms with van der Waals surface area (Å²) in [6, 6.07) is 3.92. The summed E-state index contributed by atoms with van der Waals surface area (Å²) in [6.07, 6.45) is 0. The van der Waals surface area contributed by atoms with Gasteiger partial charge in [0.2, 0.25) is 5.91 Å². The van der Waals surface area contributed by atoms with Gasteiger partial charge in [0, 0.05) is 5.56 Å². The van der Waals surface area contributed by atoms with Crippen molar-refractivity contribution >= 4 is 5.91 Å². The molecule has 0 saturated carbocycles. The highest BCUT2D eigenvalue weighted by Gasteiger charge is 2.09. The highest BCUT2D eigenvalue weighted by Crippen LogP contribution is 2.16. The second-order valence-electron chi connectivity index (χ2n) is 3.06. The van der Waals surface area contributed by atoms with Gasteiger partial charge in [-0.1, -0.05) is 12.1 Å². The fourth-order valence-corrected chi connectivity index (χ4v) is 1.33. The Hall–Kier alpha value is -1.31. The molecule has 1 aromatic rings. The Morgan fingerprint density at radius 2 is 1.67 bits per heavy atom. The summed E-state index contributed by atoms with van der Waals surface area (Å²) >= 11 is 0. The van der Waals surface area contributed by atoms with E-state index in [2.05, 4.69) is 0 Å². The molecule has 1 amide bonds. The van der Waals surface area contributed by atoms with Gasteiger partial charge in [-0.2, -0.15) is 0 Å². The lowest BCUT2D eigenvalue weighted by Gasteiger charge is -2.07. The predicted molar refractivity (Wildman–Crippen MR) is 49.2 cm³/mol. The molecule has 2 N–H and O–H groups in total. The monoisotopic (exact) mass is 163 g/mol. The van der Waals surface area contributed by atoms with E-state index in [1.54, 1.807) is 0 Å². The zero-order chi connectivity index (χ0) is 9.30. The van der Waals surface area contributed by atoms with Gasteiger partial charge in [0.05, 0.1) is 0 Å². The number of nitrogens with two attached hydrogens (primary N) is 1. The van der Waals surface area contributed by atoms with Crippen molar-refractivity contribution in [2.75, 3.05) is 0 Å². The Bertz CT molecular complexity index is 329. The average Bonchev–Trinajstić information content (AvgIpc) is 1.97. The first-order chi connectivity index (χ1) is 5.54. The van der Waals surface area contributed by atoms with Crippen molar-refractivity contribution in [1.29, 1.82) is 0 Å². The Labute approximate surface area is 72.4 Å². The molecule has 2 heteroatoms. The fraction of sp³-hybridized carbons (Fsp3) is 0.300. The molecule has 0 saturated heterocycles. The van der Waals surface area contributed by atoms with Gasteiger partial charge in [-0.05, 0) is 37.5 Å². The third-order valence-corrected chi connectivity index (χ3v) is 2.19. The van der Waals surface area contributed by atoms with Crippen molar-refractivity contribution in [3.05, 3.63) is 34.4 Å². The van der Waals surface area contributed by atoms with Crippen molar-refractivity contribution in [2.24, 2.45) is 5.73 Å². The van der Waals surface area contributed by atoms with Gasteiger partial charge >= 0.3 is 0 Å². The Balaban J connectivity index is 3.43. The number of hydrogen-bond acceptors (Lipinski definition) is 1. The van der Waals surface area contributed by atoms with Crippen molar-refractivity contribution in [2.45, 2.75) is 20.8 Å². The normalized spacial score (nSPS) is 9.92. The quantitative estimate of drug-likeness (QED) is 0.673. The molecule has 2 nitrogen and oxygen atoms in total. The van der Waals surface area contributed by atoms with Gasteiger partial charge in [0.1, 0.15) is 0 Å². The fourth-order valence-electron chi connectivity index (χ4n) is 1.33. The minimum Gasteiger partial charge on any atom is -0.366 e. The van der Waals surface area contributed by atoms with Gasteiger partial charge in [0.15, 0.2) is 0 Å². The Kier molecular flexibility index (Phi) is 2.18. The maximum absolute atomic E-state index is 11.0. The van der Waals surface area contributed by atoms with Crippen molar-refractivity contribution in [3.63, 3.8) is 0 Å². The van der Waals surface area contributed by atoms with Crippen LogP contribution in [-0.4, -0.2) is 5.91 Å². The second kappa shape index (κ2) is 2.97. The summed E-state index contributed by atoms with van der Waals surface area (Å²) in [5, 5.41) is 0. The standard InChI is InChI=1S/C10H13NO/c1-6-4-5-7(2)9(8(6)3)10(11)12/h4-5H,1-3H3,(H2,11,12). The number of benzene rings is 1. The number of aryl methyl sites for hydroxylation is 2. The summed E-state index contributed by atoms with van der Waals surface area (Å²) in [5.74, 6) is -0.339. The van der Waals surface area contributed by atoms with Crippen molar-refractivity contribution < 1.29 is 4.79 Å². The van der Waals surface area contributed by atoms with Crippen LogP contribution in [0.3, 0.4) is 0 Å². The van der Waals surface area contributed by atoms with Crippen LogP contribution in [0.2, 0.25) is 0 Å². The molecule has 0 aliphatic carbocycles. The summed E-state index contributed by atoms with van der Waals surface area (Å²) in [7, 11) is 0. The van der Waals surface area contributed by atoms with Crippen LogP contribution in [0.5, 0.6) is 0 Å². The summed E-state index contributed by atoms with van der Waals surface area (Å²) in [6.45, 7) is 5.79. The molecular formula is C10H13NO. The molecule has 0 atom stereocenters. The highest BCUT2D eigenvalue weighted by atomic mass is 16.1. The number of amides is 1. The van der Waals surface area contributed by atoms with Crippen molar-refractivity contribution in [1.82, 2.24) is 0 Å². The second-order valence-corrected chi connectivity index (χ2v) is 3.06. The molecular weight excluding hydrogens is 150 g/mol. The maximum atomic E-state index is 11.0. The molecule has 0 radical (unpaired) electrons. The molecule has 1 aromatic carbocycles. The molecule has 12 heavy (non-hydrogen) atoms. The van der Waals surface area contributed by atoms with E-state index in [9.17, 15) is 4.79 Å². The lowest BCUT2D eigenvalue weighted by molar-refractivity contribution is 0.0999. The van der Waals surface area contributed by atoms with Crippen LogP contribution in [0.25, 0.3) is 0 Å². The maximum Gasteiger partial charge on any atom is 0.249 e.